The normalized spacial score (nSPS) is 10.2. The molecule has 25 heavy (non-hydrogen) atoms. The van der Waals surface area contributed by atoms with Crippen LogP contribution in [0.5, 0.6) is 11.5 Å². The van der Waals surface area contributed by atoms with Crippen molar-refractivity contribution >= 4 is 28.9 Å². The monoisotopic (exact) mass is 363 g/mol. The van der Waals surface area contributed by atoms with Crippen LogP contribution in [0.25, 0.3) is 0 Å². The molecular formula is C18H21NO5S. The second kappa shape index (κ2) is 8.53. The molecule has 1 heterocycles. The summed E-state index contributed by atoms with van der Waals surface area (Å²) in [4.78, 5) is 25.6. The minimum atomic E-state index is -0.490. The maximum atomic E-state index is 12.0. The topological polar surface area (TPSA) is 73.9 Å². The van der Waals surface area contributed by atoms with E-state index in [4.69, 9.17) is 14.2 Å². The van der Waals surface area contributed by atoms with Crippen LogP contribution in [-0.4, -0.2) is 32.7 Å². The first-order valence-corrected chi connectivity index (χ1v) is 8.58. The molecule has 0 radical (unpaired) electrons. The molecule has 1 aromatic heterocycles. The SMILES string of the molecule is CCc1cc(C(=O)OCC(=O)Nc2ccc(OC)c(OC)c2)sc1C. The summed E-state index contributed by atoms with van der Waals surface area (Å²) in [5, 5.41) is 2.65. The van der Waals surface area contributed by atoms with Crippen molar-refractivity contribution in [3.8, 4) is 11.5 Å². The number of methoxy groups -OCH3 is 2. The molecule has 1 aromatic carbocycles. The van der Waals surface area contributed by atoms with Crippen LogP contribution in [0.3, 0.4) is 0 Å². The minimum absolute atomic E-state index is 0.356. The Bertz CT molecular complexity index is 769. The van der Waals surface area contributed by atoms with E-state index in [1.807, 2.05) is 19.9 Å². The summed E-state index contributed by atoms with van der Waals surface area (Å²) in [6.07, 6.45) is 0.857. The summed E-state index contributed by atoms with van der Waals surface area (Å²) in [5.41, 5.74) is 1.64. The Balaban J connectivity index is 1.93. The molecule has 2 aromatic rings. The van der Waals surface area contributed by atoms with Gasteiger partial charge in [0, 0.05) is 16.6 Å². The number of hydrogen-bond acceptors (Lipinski definition) is 6. The quantitative estimate of drug-likeness (QED) is 0.763. The second-order valence-corrected chi connectivity index (χ2v) is 6.50. The van der Waals surface area contributed by atoms with E-state index in [0.717, 1.165) is 16.9 Å². The highest BCUT2D eigenvalue weighted by Gasteiger charge is 2.15. The number of ether oxygens (including phenoxy) is 3. The average Bonchev–Trinajstić information content (AvgIpc) is 3.00. The van der Waals surface area contributed by atoms with Gasteiger partial charge in [0.1, 0.15) is 4.88 Å². The van der Waals surface area contributed by atoms with Crippen LogP contribution in [0.4, 0.5) is 5.69 Å². The number of thiophene rings is 1. The average molecular weight is 363 g/mol. The standard InChI is InChI=1S/C18H21NO5S/c1-5-12-8-16(25-11(12)2)18(21)24-10-17(20)19-13-6-7-14(22-3)15(9-13)23-4/h6-9H,5,10H2,1-4H3,(H,19,20). The van der Waals surface area contributed by atoms with Crippen molar-refractivity contribution in [2.75, 3.05) is 26.1 Å². The van der Waals surface area contributed by atoms with Crippen LogP contribution >= 0.6 is 11.3 Å². The van der Waals surface area contributed by atoms with Crippen LogP contribution in [0.2, 0.25) is 0 Å². The lowest BCUT2D eigenvalue weighted by Crippen LogP contribution is -2.20. The molecule has 0 fully saturated rings. The highest BCUT2D eigenvalue weighted by Crippen LogP contribution is 2.29. The predicted octanol–water partition coefficient (Wildman–Crippen LogP) is 3.43. The molecule has 0 aliphatic carbocycles. The van der Waals surface area contributed by atoms with E-state index in [2.05, 4.69) is 5.32 Å². The molecule has 2 rings (SSSR count). The Labute approximate surface area is 150 Å². The van der Waals surface area contributed by atoms with E-state index in [1.54, 1.807) is 18.2 Å². The van der Waals surface area contributed by atoms with Gasteiger partial charge in [-0.2, -0.15) is 0 Å². The molecule has 1 amide bonds. The number of rotatable bonds is 7. The van der Waals surface area contributed by atoms with E-state index < -0.39 is 11.9 Å². The van der Waals surface area contributed by atoms with Crippen molar-refractivity contribution in [1.82, 2.24) is 0 Å². The molecule has 7 heteroatoms. The summed E-state index contributed by atoms with van der Waals surface area (Å²) in [6.45, 7) is 3.64. The van der Waals surface area contributed by atoms with Crippen molar-refractivity contribution in [3.63, 3.8) is 0 Å². The van der Waals surface area contributed by atoms with Gasteiger partial charge in [0.25, 0.3) is 5.91 Å². The first kappa shape index (κ1) is 18.8. The molecule has 0 bridgehead atoms. The molecule has 134 valence electrons. The Kier molecular flexibility index (Phi) is 6.41. The number of aryl methyl sites for hydroxylation is 2. The third-order valence-electron chi connectivity index (χ3n) is 3.60. The van der Waals surface area contributed by atoms with Gasteiger partial charge in [-0.1, -0.05) is 6.92 Å². The summed E-state index contributed by atoms with van der Waals surface area (Å²) < 4.78 is 15.4. The molecule has 0 spiro atoms. The fraction of sp³-hybridized carbons (Fsp3) is 0.333. The lowest BCUT2D eigenvalue weighted by Gasteiger charge is -2.10. The van der Waals surface area contributed by atoms with E-state index >= 15 is 0 Å². The molecule has 6 nitrogen and oxygen atoms in total. The number of amides is 1. The third kappa shape index (κ3) is 4.73. The van der Waals surface area contributed by atoms with Crippen LogP contribution in [-0.2, 0) is 16.0 Å². The Morgan fingerprint density at radius 3 is 2.44 bits per heavy atom. The van der Waals surface area contributed by atoms with Gasteiger partial charge in [0.2, 0.25) is 0 Å². The summed E-state index contributed by atoms with van der Waals surface area (Å²) in [6, 6.07) is 6.81. The van der Waals surface area contributed by atoms with Gasteiger partial charge < -0.3 is 19.5 Å². The number of anilines is 1. The molecule has 0 aliphatic heterocycles. The number of carbonyl (C=O) groups excluding carboxylic acids is 2. The largest absolute Gasteiger partial charge is 0.493 e. The molecule has 0 unspecified atom stereocenters. The smallest absolute Gasteiger partial charge is 0.348 e. The second-order valence-electron chi connectivity index (χ2n) is 5.24. The number of esters is 1. The van der Waals surface area contributed by atoms with Gasteiger partial charge in [-0.3, -0.25) is 4.79 Å². The summed E-state index contributed by atoms with van der Waals surface area (Å²) in [7, 11) is 3.05. The van der Waals surface area contributed by atoms with E-state index in [9.17, 15) is 9.59 Å². The van der Waals surface area contributed by atoms with Crippen LogP contribution < -0.4 is 14.8 Å². The summed E-state index contributed by atoms with van der Waals surface area (Å²) >= 11 is 1.38. The minimum Gasteiger partial charge on any atom is -0.493 e. The first-order chi connectivity index (χ1) is 12.0. The summed E-state index contributed by atoms with van der Waals surface area (Å²) in [5.74, 6) is 0.144. The fourth-order valence-electron chi connectivity index (χ4n) is 2.28. The zero-order chi connectivity index (χ0) is 18.4. The zero-order valence-corrected chi connectivity index (χ0v) is 15.5. The van der Waals surface area contributed by atoms with E-state index in [-0.39, 0.29) is 6.61 Å². The maximum absolute atomic E-state index is 12.0. The maximum Gasteiger partial charge on any atom is 0.348 e. The predicted molar refractivity (Wildman–Crippen MR) is 96.9 cm³/mol. The lowest BCUT2D eigenvalue weighted by atomic mass is 10.2. The van der Waals surface area contributed by atoms with Crippen LogP contribution in [0.1, 0.15) is 27.0 Å². The highest BCUT2D eigenvalue weighted by molar-refractivity contribution is 7.14. The van der Waals surface area contributed by atoms with Crippen molar-refractivity contribution in [2.45, 2.75) is 20.3 Å². The molecule has 0 atom stereocenters. The lowest BCUT2D eigenvalue weighted by molar-refractivity contribution is -0.119. The molecular weight excluding hydrogens is 342 g/mol. The van der Waals surface area contributed by atoms with E-state index in [1.165, 1.54) is 25.6 Å². The Hall–Kier alpha value is -2.54. The van der Waals surface area contributed by atoms with Gasteiger partial charge in [0.15, 0.2) is 18.1 Å². The van der Waals surface area contributed by atoms with E-state index in [0.29, 0.717) is 22.1 Å². The van der Waals surface area contributed by atoms with Crippen LogP contribution in [0, 0.1) is 6.92 Å². The van der Waals surface area contributed by atoms with Crippen molar-refractivity contribution in [3.05, 3.63) is 39.6 Å². The van der Waals surface area contributed by atoms with Gasteiger partial charge in [-0.05, 0) is 37.1 Å². The Morgan fingerprint density at radius 2 is 1.84 bits per heavy atom. The zero-order valence-electron chi connectivity index (χ0n) is 14.7. The number of hydrogen-bond donors (Lipinski definition) is 1. The van der Waals surface area contributed by atoms with Crippen LogP contribution in [0.15, 0.2) is 24.3 Å². The van der Waals surface area contributed by atoms with Crippen molar-refractivity contribution in [2.24, 2.45) is 0 Å². The number of carbonyl (C=O) groups is 2. The van der Waals surface area contributed by atoms with Gasteiger partial charge in [0.05, 0.1) is 14.2 Å². The first-order valence-electron chi connectivity index (χ1n) is 7.76. The van der Waals surface area contributed by atoms with Crippen molar-refractivity contribution < 1.29 is 23.8 Å². The van der Waals surface area contributed by atoms with Crippen molar-refractivity contribution in [1.29, 1.82) is 0 Å². The molecule has 0 saturated carbocycles. The number of nitrogens with one attached hydrogen (secondary N) is 1. The Morgan fingerprint density at radius 1 is 1.12 bits per heavy atom. The fourth-order valence-corrected chi connectivity index (χ4v) is 3.29. The highest BCUT2D eigenvalue weighted by atomic mass is 32.1. The molecule has 1 N–H and O–H groups in total. The molecule has 0 aliphatic rings. The third-order valence-corrected chi connectivity index (χ3v) is 4.68. The van der Waals surface area contributed by atoms with Gasteiger partial charge in [-0.15, -0.1) is 11.3 Å². The molecule has 0 saturated heterocycles. The van der Waals surface area contributed by atoms with Gasteiger partial charge >= 0.3 is 5.97 Å². The van der Waals surface area contributed by atoms with Gasteiger partial charge in [-0.25, -0.2) is 4.79 Å². The number of benzene rings is 1.